The molecule has 2 rings (SSSR count). The molecule has 6 heteroatoms. The van der Waals surface area contributed by atoms with Gasteiger partial charge in [-0.3, -0.25) is 0 Å². The van der Waals surface area contributed by atoms with Gasteiger partial charge in [-0.2, -0.15) is 0 Å². The Morgan fingerprint density at radius 3 is 2.57 bits per heavy atom. The van der Waals surface area contributed by atoms with Crippen molar-refractivity contribution in [2.24, 2.45) is 5.92 Å². The number of hydrogen-bond acceptors (Lipinski definition) is 4. The number of sulfonamides is 1. The van der Waals surface area contributed by atoms with Gasteiger partial charge < -0.3 is 10.6 Å². The molecule has 0 radical (unpaired) electrons. The zero-order chi connectivity index (χ0) is 15.5. The Morgan fingerprint density at radius 2 is 2.05 bits per heavy atom. The highest BCUT2D eigenvalue weighted by Gasteiger charge is 2.22. The number of rotatable bonds is 7. The van der Waals surface area contributed by atoms with Crippen molar-refractivity contribution in [2.45, 2.75) is 38.0 Å². The molecule has 1 aliphatic carbocycles. The van der Waals surface area contributed by atoms with E-state index in [4.69, 9.17) is 5.73 Å². The van der Waals surface area contributed by atoms with Gasteiger partial charge >= 0.3 is 0 Å². The Morgan fingerprint density at radius 1 is 1.33 bits per heavy atom. The van der Waals surface area contributed by atoms with Crippen molar-refractivity contribution >= 4 is 21.4 Å². The lowest BCUT2D eigenvalue weighted by Crippen LogP contribution is -2.33. The summed E-state index contributed by atoms with van der Waals surface area (Å²) in [5.74, 6) is 0.707. The fourth-order valence-corrected chi connectivity index (χ4v) is 3.68. The highest BCUT2D eigenvalue weighted by atomic mass is 32.2. The van der Waals surface area contributed by atoms with E-state index in [1.165, 1.54) is 19.3 Å². The number of benzene rings is 1. The number of nitrogens with zero attached hydrogens (tertiary/aromatic N) is 1. The number of nitrogen functional groups attached to an aromatic ring is 1. The quantitative estimate of drug-likeness (QED) is 0.757. The molecule has 1 aliphatic rings. The number of hydrogen-bond donors (Lipinski definition) is 2. The molecule has 0 heterocycles. The van der Waals surface area contributed by atoms with E-state index < -0.39 is 10.0 Å². The minimum absolute atomic E-state index is 0.278. The maximum Gasteiger partial charge on any atom is 0.240 e. The van der Waals surface area contributed by atoms with E-state index in [1.807, 2.05) is 0 Å². The normalized spacial score (nSPS) is 15.7. The monoisotopic (exact) mass is 311 g/mol. The second-order valence-electron chi connectivity index (χ2n) is 5.56. The van der Waals surface area contributed by atoms with Crippen LogP contribution in [-0.4, -0.2) is 28.1 Å². The third-order valence-corrected chi connectivity index (χ3v) is 5.62. The molecule has 1 saturated carbocycles. The van der Waals surface area contributed by atoms with Crippen LogP contribution in [0.25, 0.3) is 0 Å². The topological polar surface area (TPSA) is 75.4 Å². The summed E-state index contributed by atoms with van der Waals surface area (Å²) in [6.07, 6.45) is 3.81. The van der Waals surface area contributed by atoms with Gasteiger partial charge in [0.1, 0.15) is 0 Å². The fraction of sp³-hybridized carbons (Fsp3) is 0.600. The van der Waals surface area contributed by atoms with E-state index in [0.717, 1.165) is 18.8 Å². The minimum Gasteiger partial charge on any atom is -0.397 e. The third kappa shape index (κ3) is 3.68. The van der Waals surface area contributed by atoms with Crippen molar-refractivity contribution < 1.29 is 8.42 Å². The molecule has 21 heavy (non-hydrogen) atoms. The van der Waals surface area contributed by atoms with E-state index in [2.05, 4.69) is 16.5 Å². The SMILES string of the molecule is CCNS(=O)(=O)c1ccc(N)c(N(CC)CC2CCC2)c1. The Hall–Kier alpha value is -1.27. The van der Waals surface area contributed by atoms with E-state index in [1.54, 1.807) is 25.1 Å². The van der Waals surface area contributed by atoms with Gasteiger partial charge in [0.15, 0.2) is 0 Å². The van der Waals surface area contributed by atoms with Crippen LogP contribution in [-0.2, 0) is 10.0 Å². The van der Waals surface area contributed by atoms with E-state index in [9.17, 15) is 8.42 Å². The number of nitrogens with one attached hydrogen (secondary N) is 1. The summed E-state index contributed by atoms with van der Waals surface area (Å²) in [7, 11) is -3.44. The van der Waals surface area contributed by atoms with Crippen LogP contribution in [0.4, 0.5) is 11.4 Å². The van der Waals surface area contributed by atoms with E-state index in [-0.39, 0.29) is 4.90 Å². The van der Waals surface area contributed by atoms with Crippen LogP contribution in [0.1, 0.15) is 33.1 Å². The smallest absolute Gasteiger partial charge is 0.240 e. The second-order valence-corrected chi connectivity index (χ2v) is 7.32. The van der Waals surface area contributed by atoms with Crippen molar-refractivity contribution in [2.75, 3.05) is 30.3 Å². The van der Waals surface area contributed by atoms with Crippen molar-refractivity contribution in [3.8, 4) is 0 Å². The molecule has 1 fully saturated rings. The van der Waals surface area contributed by atoms with Gasteiger partial charge in [-0.1, -0.05) is 13.3 Å². The summed E-state index contributed by atoms with van der Waals surface area (Å²) in [5, 5.41) is 0. The molecule has 1 aromatic rings. The average molecular weight is 311 g/mol. The standard InChI is InChI=1S/C15H25N3O2S/c1-3-17-21(19,20)13-8-9-14(16)15(10-13)18(4-2)11-12-6-5-7-12/h8-10,12,17H,3-7,11,16H2,1-2H3. The lowest BCUT2D eigenvalue weighted by atomic mass is 9.85. The summed E-state index contributed by atoms with van der Waals surface area (Å²) < 4.78 is 26.8. The molecule has 1 aromatic carbocycles. The molecule has 3 N–H and O–H groups in total. The summed E-state index contributed by atoms with van der Waals surface area (Å²) in [6.45, 7) is 5.99. The molecule has 118 valence electrons. The predicted octanol–water partition coefficient (Wildman–Crippen LogP) is 2.19. The predicted molar refractivity (Wildman–Crippen MR) is 86.9 cm³/mol. The van der Waals surface area contributed by atoms with Gasteiger partial charge in [0, 0.05) is 19.6 Å². The highest BCUT2D eigenvalue weighted by Crippen LogP contribution is 2.32. The first kappa shape index (κ1) is 16.1. The Bertz CT molecular complexity index is 583. The number of anilines is 2. The molecular weight excluding hydrogens is 286 g/mol. The highest BCUT2D eigenvalue weighted by molar-refractivity contribution is 7.89. The summed E-state index contributed by atoms with van der Waals surface area (Å²) in [6, 6.07) is 4.94. The first-order chi connectivity index (χ1) is 9.97. The fourth-order valence-electron chi connectivity index (χ4n) is 2.62. The van der Waals surface area contributed by atoms with Gasteiger partial charge in [-0.05, 0) is 43.9 Å². The first-order valence-electron chi connectivity index (χ1n) is 7.62. The maximum absolute atomic E-state index is 12.1. The van der Waals surface area contributed by atoms with Crippen molar-refractivity contribution in [3.63, 3.8) is 0 Å². The van der Waals surface area contributed by atoms with Crippen LogP contribution < -0.4 is 15.4 Å². The maximum atomic E-state index is 12.1. The van der Waals surface area contributed by atoms with Gasteiger partial charge in [0.2, 0.25) is 10.0 Å². The molecule has 0 atom stereocenters. The largest absolute Gasteiger partial charge is 0.397 e. The molecule has 0 unspecified atom stereocenters. The lowest BCUT2D eigenvalue weighted by molar-refractivity contribution is 0.318. The molecule has 0 aromatic heterocycles. The van der Waals surface area contributed by atoms with Crippen LogP contribution in [0.5, 0.6) is 0 Å². The minimum atomic E-state index is -3.44. The Kier molecular flexibility index (Phi) is 5.11. The molecular formula is C15H25N3O2S. The summed E-state index contributed by atoms with van der Waals surface area (Å²) in [5.41, 5.74) is 7.52. The van der Waals surface area contributed by atoms with Gasteiger partial charge in [0.25, 0.3) is 0 Å². The molecule has 0 aliphatic heterocycles. The molecule has 0 amide bonds. The Labute approximate surface area is 127 Å². The average Bonchev–Trinajstić information content (AvgIpc) is 2.39. The van der Waals surface area contributed by atoms with Crippen LogP contribution in [0.15, 0.2) is 23.1 Å². The molecule has 0 saturated heterocycles. The summed E-state index contributed by atoms with van der Waals surface area (Å²) in [4.78, 5) is 2.46. The summed E-state index contributed by atoms with van der Waals surface area (Å²) >= 11 is 0. The zero-order valence-electron chi connectivity index (χ0n) is 12.8. The van der Waals surface area contributed by atoms with Gasteiger partial charge in [0.05, 0.1) is 16.3 Å². The van der Waals surface area contributed by atoms with Gasteiger partial charge in [-0.25, -0.2) is 13.1 Å². The Balaban J connectivity index is 2.28. The van der Waals surface area contributed by atoms with Crippen molar-refractivity contribution in [1.29, 1.82) is 0 Å². The molecule has 0 spiro atoms. The first-order valence-corrected chi connectivity index (χ1v) is 9.10. The molecule has 5 nitrogen and oxygen atoms in total. The third-order valence-electron chi connectivity index (χ3n) is 4.07. The molecule has 0 bridgehead atoms. The zero-order valence-corrected chi connectivity index (χ0v) is 13.6. The van der Waals surface area contributed by atoms with Crippen LogP contribution in [0.2, 0.25) is 0 Å². The van der Waals surface area contributed by atoms with Crippen LogP contribution in [0.3, 0.4) is 0 Å². The van der Waals surface area contributed by atoms with Crippen molar-refractivity contribution in [1.82, 2.24) is 4.72 Å². The second kappa shape index (κ2) is 6.66. The lowest BCUT2D eigenvalue weighted by Gasteiger charge is -2.33. The van der Waals surface area contributed by atoms with E-state index in [0.29, 0.717) is 18.2 Å². The van der Waals surface area contributed by atoms with Crippen LogP contribution >= 0.6 is 0 Å². The van der Waals surface area contributed by atoms with E-state index >= 15 is 0 Å². The van der Waals surface area contributed by atoms with Crippen LogP contribution in [0, 0.1) is 5.92 Å². The van der Waals surface area contributed by atoms with Crippen molar-refractivity contribution in [3.05, 3.63) is 18.2 Å². The number of nitrogens with two attached hydrogens (primary N) is 1. The van der Waals surface area contributed by atoms with Gasteiger partial charge in [-0.15, -0.1) is 0 Å².